The van der Waals surface area contributed by atoms with Crippen LogP contribution in [0, 0.1) is 0 Å². The van der Waals surface area contributed by atoms with E-state index in [-0.39, 0.29) is 23.2 Å². The first-order valence-corrected chi connectivity index (χ1v) is 8.41. The highest BCUT2D eigenvalue weighted by Gasteiger charge is 2.51. The lowest BCUT2D eigenvalue weighted by Crippen LogP contribution is -2.54. The van der Waals surface area contributed by atoms with E-state index in [1.165, 1.54) is 6.92 Å². The van der Waals surface area contributed by atoms with E-state index in [0.717, 1.165) is 37.2 Å². The summed E-state index contributed by atoms with van der Waals surface area (Å²) < 4.78 is 11.8. The smallest absolute Gasteiger partial charge is 0.163 e. The zero-order valence-electron chi connectivity index (χ0n) is 14.1. The molecule has 0 aromatic heterocycles. The van der Waals surface area contributed by atoms with Gasteiger partial charge >= 0.3 is 0 Å². The molecule has 3 rings (SSSR count). The lowest BCUT2D eigenvalue weighted by molar-refractivity contribution is -0.0698. The van der Waals surface area contributed by atoms with Crippen molar-refractivity contribution in [1.82, 2.24) is 4.90 Å². The topological polar surface area (TPSA) is 59.0 Å². The van der Waals surface area contributed by atoms with Crippen molar-refractivity contribution in [3.8, 4) is 11.5 Å². The number of carbonyl (C=O) groups is 1. The molecule has 0 aliphatic carbocycles. The summed E-state index contributed by atoms with van der Waals surface area (Å²) in [5.74, 6) is 0.666. The van der Waals surface area contributed by atoms with Crippen LogP contribution in [0.4, 0.5) is 0 Å². The van der Waals surface area contributed by atoms with Gasteiger partial charge in [-0.1, -0.05) is 13.8 Å². The summed E-state index contributed by atoms with van der Waals surface area (Å²) in [6.07, 6.45) is 1.58. The molecule has 0 amide bonds. The van der Waals surface area contributed by atoms with Gasteiger partial charge in [0.2, 0.25) is 0 Å². The van der Waals surface area contributed by atoms with Crippen molar-refractivity contribution in [2.45, 2.75) is 45.3 Å². The average Bonchev–Trinajstić information content (AvgIpc) is 2.90. The van der Waals surface area contributed by atoms with E-state index in [9.17, 15) is 9.90 Å². The minimum absolute atomic E-state index is 0.0498. The number of phenolic OH excluding ortho intramolecular Hbond substituents is 1. The monoisotopic (exact) mass is 319 g/mol. The highest BCUT2D eigenvalue weighted by molar-refractivity contribution is 5.99. The number of carbonyl (C=O) groups excluding carboxylic acids is 1. The zero-order chi connectivity index (χ0) is 16.6. The Labute approximate surface area is 137 Å². The van der Waals surface area contributed by atoms with Gasteiger partial charge in [0.05, 0.1) is 24.2 Å². The van der Waals surface area contributed by atoms with E-state index in [1.54, 1.807) is 12.1 Å². The van der Waals surface area contributed by atoms with Gasteiger partial charge in [-0.2, -0.15) is 0 Å². The second-order valence-corrected chi connectivity index (χ2v) is 6.37. The van der Waals surface area contributed by atoms with Gasteiger partial charge in [-0.25, -0.2) is 0 Å². The zero-order valence-corrected chi connectivity index (χ0v) is 14.1. The molecule has 0 radical (unpaired) electrons. The summed E-state index contributed by atoms with van der Waals surface area (Å²) >= 11 is 0. The summed E-state index contributed by atoms with van der Waals surface area (Å²) in [4.78, 5) is 14.5. The number of hydrogen-bond donors (Lipinski definition) is 1. The Morgan fingerprint density at radius 1 is 1.30 bits per heavy atom. The van der Waals surface area contributed by atoms with Gasteiger partial charge in [0.1, 0.15) is 11.5 Å². The Balaban J connectivity index is 2.13. The molecule has 0 spiro atoms. The summed E-state index contributed by atoms with van der Waals surface area (Å²) in [6.45, 7) is 8.80. The number of hydrogen-bond acceptors (Lipinski definition) is 5. The van der Waals surface area contributed by atoms with Gasteiger partial charge in [0.15, 0.2) is 12.0 Å². The van der Waals surface area contributed by atoms with Crippen molar-refractivity contribution in [1.29, 1.82) is 0 Å². The van der Waals surface area contributed by atoms with Crippen LogP contribution in [-0.4, -0.2) is 48.3 Å². The fourth-order valence-corrected chi connectivity index (χ4v) is 4.07. The van der Waals surface area contributed by atoms with Crippen LogP contribution in [-0.2, 0) is 10.2 Å². The molecular weight excluding hydrogens is 294 g/mol. The molecule has 0 bridgehead atoms. The standard InChI is InChI=1S/C18H25NO4/c1-4-18(5-2)16-14(7-6-13(21)15(16)12(3)20)23-17(18)19-8-10-22-11-9-19/h6-7,17,21H,4-5,8-11H2,1-3H3/t17-/m0/s1. The Kier molecular flexibility index (Phi) is 4.34. The van der Waals surface area contributed by atoms with Gasteiger partial charge < -0.3 is 14.6 Å². The molecule has 2 aliphatic rings. The summed E-state index contributed by atoms with van der Waals surface area (Å²) in [5, 5.41) is 10.3. The molecule has 0 unspecified atom stereocenters. The molecule has 2 heterocycles. The number of morpholine rings is 1. The van der Waals surface area contributed by atoms with Gasteiger partial charge in [0, 0.05) is 18.7 Å². The molecule has 0 saturated carbocycles. The first-order valence-electron chi connectivity index (χ1n) is 8.41. The predicted octanol–water partition coefficient (Wildman–Crippen LogP) is 2.70. The first-order chi connectivity index (χ1) is 11.0. The van der Waals surface area contributed by atoms with Crippen molar-refractivity contribution in [2.75, 3.05) is 26.3 Å². The maximum absolute atomic E-state index is 12.2. The summed E-state index contributed by atoms with van der Waals surface area (Å²) in [5.41, 5.74) is 1.01. The van der Waals surface area contributed by atoms with Crippen molar-refractivity contribution < 1.29 is 19.4 Å². The van der Waals surface area contributed by atoms with Crippen molar-refractivity contribution in [3.63, 3.8) is 0 Å². The molecule has 2 aliphatic heterocycles. The molecule has 1 aromatic rings. The van der Waals surface area contributed by atoms with E-state index in [2.05, 4.69) is 18.7 Å². The van der Waals surface area contributed by atoms with E-state index in [0.29, 0.717) is 18.8 Å². The number of ketones is 1. The number of aromatic hydroxyl groups is 1. The average molecular weight is 319 g/mol. The van der Waals surface area contributed by atoms with Crippen LogP contribution in [0.2, 0.25) is 0 Å². The van der Waals surface area contributed by atoms with Gasteiger partial charge in [-0.15, -0.1) is 0 Å². The maximum Gasteiger partial charge on any atom is 0.163 e. The molecule has 1 fully saturated rings. The van der Waals surface area contributed by atoms with Gasteiger partial charge in [-0.05, 0) is 31.9 Å². The summed E-state index contributed by atoms with van der Waals surface area (Å²) in [6, 6.07) is 3.35. The van der Waals surface area contributed by atoms with E-state index in [4.69, 9.17) is 9.47 Å². The Hall–Kier alpha value is -1.59. The third-order valence-corrected chi connectivity index (χ3v) is 5.35. The second kappa shape index (κ2) is 6.13. The molecule has 126 valence electrons. The van der Waals surface area contributed by atoms with Crippen LogP contribution in [0.1, 0.15) is 49.5 Å². The number of fused-ring (bicyclic) bond motifs is 1. The molecular formula is C18H25NO4. The van der Waals surface area contributed by atoms with Crippen LogP contribution in [0.5, 0.6) is 11.5 Å². The fraction of sp³-hybridized carbons (Fsp3) is 0.611. The molecule has 5 heteroatoms. The molecule has 1 N–H and O–H groups in total. The number of rotatable bonds is 4. The molecule has 1 atom stereocenters. The van der Waals surface area contributed by atoms with Gasteiger partial charge in [0.25, 0.3) is 0 Å². The Bertz CT molecular complexity index is 603. The first kappa shape index (κ1) is 16.3. The summed E-state index contributed by atoms with van der Waals surface area (Å²) in [7, 11) is 0. The van der Waals surface area contributed by atoms with Crippen molar-refractivity contribution in [2.24, 2.45) is 0 Å². The van der Waals surface area contributed by atoms with Crippen LogP contribution >= 0.6 is 0 Å². The number of benzene rings is 1. The van der Waals surface area contributed by atoms with Crippen LogP contribution < -0.4 is 4.74 Å². The normalized spacial score (nSPS) is 23.3. The minimum atomic E-state index is -0.285. The van der Waals surface area contributed by atoms with Crippen molar-refractivity contribution >= 4 is 5.78 Å². The third kappa shape index (κ3) is 2.42. The fourth-order valence-electron chi connectivity index (χ4n) is 4.07. The van der Waals surface area contributed by atoms with Crippen LogP contribution in [0.15, 0.2) is 12.1 Å². The number of ether oxygens (including phenoxy) is 2. The lowest BCUT2D eigenvalue weighted by atomic mass is 9.72. The minimum Gasteiger partial charge on any atom is -0.507 e. The van der Waals surface area contributed by atoms with Crippen LogP contribution in [0.25, 0.3) is 0 Å². The second-order valence-electron chi connectivity index (χ2n) is 6.37. The highest BCUT2D eigenvalue weighted by atomic mass is 16.5. The highest BCUT2D eigenvalue weighted by Crippen LogP contribution is 2.52. The maximum atomic E-state index is 12.2. The molecule has 1 saturated heterocycles. The van der Waals surface area contributed by atoms with Crippen molar-refractivity contribution in [3.05, 3.63) is 23.3 Å². The molecule has 5 nitrogen and oxygen atoms in total. The molecule has 1 aromatic carbocycles. The Morgan fingerprint density at radius 3 is 2.52 bits per heavy atom. The number of nitrogens with zero attached hydrogens (tertiary/aromatic N) is 1. The molecule has 23 heavy (non-hydrogen) atoms. The Morgan fingerprint density at radius 2 is 1.96 bits per heavy atom. The SMILES string of the molecule is CCC1(CC)c2c(ccc(O)c2C(C)=O)O[C@@H]1N1CCOCC1. The quantitative estimate of drug-likeness (QED) is 0.865. The van der Waals surface area contributed by atoms with E-state index in [1.807, 2.05) is 0 Å². The van der Waals surface area contributed by atoms with E-state index >= 15 is 0 Å². The van der Waals surface area contributed by atoms with E-state index < -0.39 is 0 Å². The predicted molar refractivity (Wildman–Crippen MR) is 87.2 cm³/mol. The largest absolute Gasteiger partial charge is 0.507 e. The number of Topliss-reactive ketones (excluding diaryl/α,β-unsaturated/α-hetero) is 1. The third-order valence-electron chi connectivity index (χ3n) is 5.35. The van der Waals surface area contributed by atoms with Crippen LogP contribution in [0.3, 0.4) is 0 Å². The number of phenols is 1. The lowest BCUT2D eigenvalue weighted by Gasteiger charge is -2.41. The van der Waals surface area contributed by atoms with Gasteiger partial charge in [-0.3, -0.25) is 9.69 Å².